The second-order valence-corrected chi connectivity index (χ2v) is 8.75. The molecule has 0 amide bonds. The van der Waals surface area contributed by atoms with Crippen LogP contribution in [0.2, 0.25) is 0 Å². The Kier molecular flexibility index (Phi) is 6.59. The lowest BCUT2D eigenvalue weighted by Crippen LogP contribution is -2.00. The summed E-state index contributed by atoms with van der Waals surface area (Å²) in [5.41, 5.74) is 3.95. The SMILES string of the molecule is Cc1c(C)c(CSC(C)C)c(O)c(O)c1CSC(C)C. The van der Waals surface area contributed by atoms with E-state index in [1.807, 2.05) is 13.8 Å². The molecule has 1 rings (SSSR count). The minimum absolute atomic E-state index is 0.0700. The molecule has 0 aliphatic heterocycles. The Labute approximate surface area is 131 Å². The monoisotopic (exact) mass is 314 g/mol. The molecule has 2 N–H and O–H groups in total. The third-order valence-corrected chi connectivity index (χ3v) is 5.63. The number of thioether (sulfide) groups is 2. The van der Waals surface area contributed by atoms with Gasteiger partial charge in [-0.1, -0.05) is 27.7 Å². The van der Waals surface area contributed by atoms with Gasteiger partial charge in [-0.15, -0.1) is 0 Å². The van der Waals surface area contributed by atoms with Crippen molar-refractivity contribution in [2.75, 3.05) is 0 Å². The van der Waals surface area contributed by atoms with Gasteiger partial charge in [0.15, 0.2) is 11.5 Å². The lowest BCUT2D eigenvalue weighted by Gasteiger charge is -2.19. The smallest absolute Gasteiger partial charge is 0.162 e. The zero-order chi connectivity index (χ0) is 15.4. The summed E-state index contributed by atoms with van der Waals surface area (Å²) in [6, 6.07) is 0. The van der Waals surface area contributed by atoms with E-state index in [1.54, 1.807) is 23.5 Å². The number of benzene rings is 1. The van der Waals surface area contributed by atoms with Crippen LogP contribution in [0.4, 0.5) is 0 Å². The van der Waals surface area contributed by atoms with Crippen molar-refractivity contribution in [3.8, 4) is 11.5 Å². The van der Waals surface area contributed by atoms with Crippen molar-refractivity contribution < 1.29 is 10.2 Å². The third kappa shape index (κ3) is 4.26. The Hall–Kier alpha value is -0.480. The highest BCUT2D eigenvalue weighted by molar-refractivity contribution is 7.99. The molecule has 0 saturated heterocycles. The maximum atomic E-state index is 10.3. The molecule has 1 aromatic carbocycles. The van der Waals surface area contributed by atoms with Crippen LogP contribution in [0.1, 0.15) is 49.9 Å². The van der Waals surface area contributed by atoms with Crippen LogP contribution in [-0.2, 0) is 11.5 Å². The van der Waals surface area contributed by atoms with Gasteiger partial charge in [-0.05, 0) is 35.5 Å². The molecule has 0 aromatic heterocycles. The Bertz CT molecular complexity index is 396. The predicted molar refractivity (Wildman–Crippen MR) is 92.1 cm³/mol. The fraction of sp³-hybridized carbons (Fsp3) is 0.625. The van der Waals surface area contributed by atoms with Crippen molar-refractivity contribution in [1.29, 1.82) is 0 Å². The Morgan fingerprint density at radius 1 is 0.750 bits per heavy atom. The molecule has 0 heterocycles. The van der Waals surface area contributed by atoms with Gasteiger partial charge in [0.25, 0.3) is 0 Å². The van der Waals surface area contributed by atoms with E-state index in [-0.39, 0.29) is 11.5 Å². The summed E-state index contributed by atoms with van der Waals surface area (Å²) in [4.78, 5) is 0. The highest BCUT2D eigenvalue weighted by Crippen LogP contribution is 2.42. The maximum Gasteiger partial charge on any atom is 0.162 e. The summed E-state index contributed by atoms with van der Waals surface area (Å²) in [5.74, 6) is 1.61. The van der Waals surface area contributed by atoms with Crippen molar-refractivity contribution in [2.24, 2.45) is 0 Å². The lowest BCUT2D eigenvalue weighted by atomic mass is 9.97. The van der Waals surface area contributed by atoms with E-state index in [0.29, 0.717) is 10.5 Å². The van der Waals surface area contributed by atoms with Gasteiger partial charge in [-0.2, -0.15) is 23.5 Å². The van der Waals surface area contributed by atoms with Crippen LogP contribution < -0.4 is 0 Å². The van der Waals surface area contributed by atoms with Crippen molar-refractivity contribution >= 4 is 23.5 Å². The number of aromatic hydroxyl groups is 2. The highest BCUT2D eigenvalue weighted by Gasteiger charge is 2.19. The molecule has 0 aliphatic carbocycles. The summed E-state index contributed by atoms with van der Waals surface area (Å²) < 4.78 is 0. The first-order chi connectivity index (χ1) is 9.25. The molecule has 0 atom stereocenters. The molecule has 0 unspecified atom stereocenters. The van der Waals surface area contributed by atoms with Crippen molar-refractivity contribution in [3.63, 3.8) is 0 Å². The van der Waals surface area contributed by atoms with Gasteiger partial charge in [0, 0.05) is 22.6 Å². The molecule has 0 bridgehead atoms. The maximum absolute atomic E-state index is 10.3. The zero-order valence-corrected chi connectivity index (χ0v) is 14.9. The van der Waals surface area contributed by atoms with E-state index in [9.17, 15) is 10.2 Å². The largest absolute Gasteiger partial charge is 0.504 e. The molecule has 0 aliphatic rings. The van der Waals surface area contributed by atoms with E-state index >= 15 is 0 Å². The number of rotatable bonds is 6. The molecule has 1 aromatic rings. The van der Waals surface area contributed by atoms with Crippen LogP contribution >= 0.6 is 23.5 Å². The molecule has 0 spiro atoms. The first-order valence-electron chi connectivity index (χ1n) is 7.01. The van der Waals surface area contributed by atoms with Crippen LogP contribution in [0.15, 0.2) is 0 Å². The van der Waals surface area contributed by atoms with E-state index in [4.69, 9.17) is 0 Å². The Morgan fingerprint density at radius 2 is 1.05 bits per heavy atom. The van der Waals surface area contributed by atoms with E-state index < -0.39 is 0 Å². The van der Waals surface area contributed by atoms with Gasteiger partial charge in [0.1, 0.15) is 0 Å². The normalized spacial score (nSPS) is 11.6. The number of phenols is 2. The molecular formula is C16H26O2S2. The number of hydrogen-bond donors (Lipinski definition) is 2. The first-order valence-corrected chi connectivity index (χ1v) is 9.11. The summed E-state index contributed by atoms with van der Waals surface area (Å²) in [6.45, 7) is 12.6. The lowest BCUT2D eigenvalue weighted by molar-refractivity contribution is 0.397. The number of hydrogen-bond acceptors (Lipinski definition) is 4. The van der Waals surface area contributed by atoms with Gasteiger partial charge in [0.2, 0.25) is 0 Å². The molecule has 0 fully saturated rings. The molecular weight excluding hydrogens is 288 g/mol. The average molecular weight is 315 g/mol. The summed E-state index contributed by atoms with van der Waals surface area (Å²) >= 11 is 3.56. The predicted octanol–water partition coefficient (Wildman–Crippen LogP) is 5.00. The van der Waals surface area contributed by atoms with Crippen molar-refractivity contribution in [2.45, 2.75) is 63.5 Å². The summed E-state index contributed by atoms with van der Waals surface area (Å²) in [5, 5.41) is 21.6. The fourth-order valence-electron chi connectivity index (χ4n) is 1.95. The van der Waals surface area contributed by atoms with Gasteiger partial charge >= 0.3 is 0 Å². The van der Waals surface area contributed by atoms with Crippen molar-refractivity contribution in [3.05, 3.63) is 22.3 Å². The zero-order valence-electron chi connectivity index (χ0n) is 13.3. The second kappa shape index (κ2) is 7.51. The third-order valence-electron chi connectivity index (χ3n) is 3.39. The average Bonchev–Trinajstić information content (AvgIpc) is 2.35. The quantitative estimate of drug-likeness (QED) is 0.725. The molecule has 2 nitrogen and oxygen atoms in total. The minimum Gasteiger partial charge on any atom is -0.504 e. The molecule has 20 heavy (non-hydrogen) atoms. The first kappa shape index (κ1) is 17.6. The van der Waals surface area contributed by atoms with Gasteiger partial charge < -0.3 is 10.2 Å². The van der Waals surface area contributed by atoms with Gasteiger partial charge in [0.05, 0.1) is 0 Å². The van der Waals surface area contributed by atoms with E-state index in [0.717, 1.165) is 33.8 Å². The molecule has 4 heteroatoms. The Morgan fingerprint density at radius 3 is 1.30 bits per heavy atom. The summed E-state index contributed by atoms with van der Waals surface area (Å²) in [6.07, 6.45) is 0. The van der Waals surface area contributed by atoms with Crippen LogP contribution in [0, 0.1) is 13.8 Å². The van der Waals surface area contributed by atoms with Crippen LogP contribution in [0.5, 0.6) is 11.5 Å². The van der Waals surface area contributed by atoms with Crippen molar-refractivity contribution in [1.82, 2.24) is 0 Å². The second-order valence-electron chi connectivity index (χ2n) is 5.62. The topological polar surface area (TPSA) is 40.5 Å². The van der Waals surface area contributed by atoms with Crippen LogP contribution in [-0.4, -0.2) is 20.7 Å². The fourth-order valence-corrected chi connectivity index (χ4v) is 3.65. The van der Waals surface area contributed by atoms with Gasteiger partial charge in [-0.3, -0.25) is 0 Å². The Balaban J connectivity index is 3.13. The minimum atomic E-state index is 0.0700. The highest BCUT2D eigenvalue weighted by atomic mass is 32.2. The number of phenolic OH excluding ortho intramolecular Hbond substituents is 2. The van der Waals surface area contributed by atoms with Gasteiger partial charge in [-0.25, -0.2) is 0 Å². The van der Waals surface area contributed by atoms with Crippen LogP contribution in [0.25, 0.3) is 0 Å². The molecule has 114 valence electrons. The summed E-state index contributed by atoms with van der Waals surface area (Å²) in [7, 11) is 0. The standard InChI is InChI=1S/C16H26O2S2/c1-9(2)19-7-13-11(5)12(6)14(8-20-10(3)4)16(18)15(13)17/h9-10,17-18H,7-8H2,1-6H3. The molecule has 0 saturated carbocycles. The van der Waals surface area contributed by atoms with E-state index in [2.05, 4.69) is 27.7 Å². The molecule has 0 radical (unpaired) electrons. The van der Waals surface area contributed by atoms with Crippen LogP contribution in [0.3, 0.4) is 0 Å². The van der Waals surface area contributed by atoms with E-state index in [1.165, 1.54) is 0 Å².